The first-order chi connectivity index (χ1) is 8.50. The third kappa shape index (κ3) is 2.18. The second kappa shape index (κ2) is 5.20. The van der Waals surface area contributed by atoms with Crippen molar-refractivity contribution in [2.75, 3.05) is 13.1 Å². The van der Waals surface area contributed by atoms with Crippen LogP contribution >= 0.6 is 11.6 Å². The molecule has 1 saturated heterocycles. The van der Waals surface area contributed by atoms with Gasteiger partial charge < -0.3 is 10.4 Å². The van der Waals surface area contributed by atoms with Crippen LogP contribution in [0.4, 0.5) is 0 Å². The van der Waals surface area contributed by atoms with Crippen LogP contribution in [0.25, 0.3) is 0 Å². The molecule has 0 radical (unpaired) electrons. The number of benzene rings is 1. The molecular formula is C15H22ClNO. The highest BCUT2D eigenvalue weighted by Gasteiger charge is 2.44. The Labute approximate surface area is 114 Å². The standard InChI is InChI=1S/C15H22ClNO/c1-4-12-7-13(16)5-6-14(12)15(18)10(2)8-17-9-11(15)3/h5-7,10-11,17-18H,4,8-9H2,1-3H3/t10-,11+,15?. The van der Waals surface area contributed by atoms with Gasteiger partial charge in [0.05, 0.1) is 5.60 Å². The van der Waals surface area contributed by atoms with Crippen LogP contribution in [-0.4, -0.2) is 18.2 Å². The molecule has 1 aliphatic heterocycles. The van der Waals surface area contributed by atoms with Gasteiger partial charge >= 0.3 is 0 Å². The first-order valence-corrected chi connectivity index (χ1v) is 7.09. The average molecular weight is 268 g/mol. The Bertz CT molecular complexity index is 423. The van der Waals surface area contributed by atoms with E-state index in [0.717, 1.165) is 35.7 Å². The van der Waals surface area contributed by atoms with Crippen LogP contribution in [0.15, 0.2) is 18.2 Å². The molecule has 0 saturated carbocycles. The minimum Gasteiger partial charge on any atom is -0.384 e. The Morgan fingerprint density at radius 3 is 2.50 bits per heavy atom. The van der Waals surface area contributed by atoms with E-state index in [1.54, 1.807) is 0 Å². The molecule has 100 valence electrons. The third-order valence-corrected chi connectivity index (χ3v) is 4.52. The fourth-order valence-corrected chi connectivity index (χ4v) is 3.28. The van der Waals surface area contributed by atoms with E-state index in [-0.39, 0.29) is 11.8 Å². The number of hydrogen-bond acceptors (Lipinski definition) is 2. The van der Waals surface area contributed by atoms with Crippen molar-refractivity contribution >= 4 is 11.6 Å². The summed E-state index contributed by atoms with van der Waals surface area (Å²) in [5.74, 6) is 0.403. The summed E-state index contributed by atoms with van der Waals surface area (Å²) in [4.78, 5) is 0. The first kappa shape index (κ1) is 13.9. The molecule has 1 aromatic carbocycles. The molecule has 0 spiro atoms. The first-order valence-electron chi connectivity index (χ1n) is 6.72. The number of aliphatic hydroxyl groups is 1. The van der Waals surface area contributed by atoms with Crippen molar-refractivity contribution in [3.8, 4) is 0 Å². The van der Waals surface area contributed by atoms with Gasteiger partial charge in [-0.05, 0) is 29.7 Å². The lowest BCUT2D eigenvalue weighted by atomic mass is 9.70. The molecule has 1 aliphatic rings. The fraction of sp³-hybridized carbons (Fsp3) is 0.600. The monoisotopic (exact) mass is 267 g/mol. The molecule has 0 aliphatic carbocycles. The van der Waals surface area contributed by atoms with Crippen LogP contribution in [0.5, 0.6) is 0 Å². The molecule has 2 rings (SSSR count). The van der Waals surface area contributed by atoms with Gasteiger partial charge in [0.25, 0.3) is 0 Å². The molecule has 1 aromatic rings. The zero-order valence-corrected chi connectivity index (χ0v) is 12.1. The summed E-state index contributed by atoms with van der Waals surface area (Å²) in [5.41, 5.74) is 1.46. The smallest absolute Gasteiger partial charge is 0.0974 e. The van der Waals surface area contributed by atoms with Crippen molar-refractivity contribution in [3.63, 3.8) is 0 Å². The molecule has 2 nitrogen and oxygen atoms in total. The van der Waals surface area contributed by atoms with E-state index in [9.17, 15) is 5.11 Å². The zero-order valence-electron chi connectivity index (χ0n) is 11.3. The third-order valence-electron chi connectivity index (χ3n) is 4.28. The average Bonchev–Trinajstić information content (AvgIpc) is 2.35. The summed E-state index contributed by atoms with van der Waals surface area (Å²) in [6.07, 6.45) is 0.894. The largest absolute Gasteiger partial charge is 0.384 e. The number of hydrogen-bond donors (Lipinski definition) is 2. The molecule has 3 atom stereocenters. The predicted octanol–water partition coefficient (Wildman–Crippen LogP) is 2.97. The van der Waals surface area contributed by atoms with Gasteiger partial charge in [0.1, 0.15) is 0 Å². The van der Waals surface area contributed by atoms with Gasteiger partial charge in [-0.1, -0.05) is 38.4 Å². The second-order valence-electron chi connectivity index (χ2n) is 5.44. The lowest BCUT2D eigenvalue weighted by molar-refractivity contribution is -0.0812. The minimum absolute atomic E-state index is 0.202. The summed E-state index contributed by atoms with van der Waals surface area (Å²) < 4.78 is 0. The van der Waals surface area contributed by atoms with Gasteiger partial charge in [-0.3, -0.25) is 0 Å². The number of aryl methyl sites for hydroxylation is 1. The lowest BCUT2D eigenvalue weighted by Crippen LogP contribution is -2.53. The quantitative estimate of drug-likeness (QED) is 0.864. The maximum absolute atomic E-state index is 11.2. The van der Waals surface area contributed by atoms with Crippen LogP contribution < -0.4 is 5.32 Å². The van der Waals surface area contributed by atoms with E-state index in [1.807, 2.05) is 18.2 Å². The highest BCUT2D eigenvalue weighted by atomic mass is 35.5. The highest BCUT2D eigenvalue weighted by Crippen LogP contribution is 2.41. The summed E-state index contributed by atoms with van der Waals surface area (Å²) in [5, 5.41) is 15.3. The van der Waals surface area contributed by atoms with Crippen molar-refractivity contribution in [1.29, 1.82) is 0 Å². The van der Waals surface area contributed by atoms with Crippen molar-refractivity contribution in [2.45, 2.75) is 32.8 Å². The van der Waals surface area contributed by atoms with Gasteiger partial charge in [0, 0.05) is 29.9 Å². The Morgan fingerprint density at radius 1 is 1.33 bits per heavy atom. The van der Waals surface area contributed by atoms with E-state index in [1.165, 1.54) is 0 Å². The second-order valence-corrected chi connectivity index (χ2v) is 5.88. The predicted molar refractivity (Wildman–Crippen MR) is 75.9 cm³/mol. The zero-order chi connectivity index (χ0) is 13.3. The van der Waals surface area contributed by atoms with Gasteiger partial charge in [0.15, 0.2) is 0 Å². The van der Waals surface area contributed by atoms with E-state index < -0.39 is 5.60 Å². The molecule has 3 heteroatoms. The van der Waals surface area contributed by atoms with Gasteiger partial charge in [-0.15, -0.1) is 0 Å². The molecule has 18 heavy (non-hydrogen) atoms. The molecular weight excluding hydrogens is 246 g/mol. The number of piperidine rings is 1. The van der Waals surface area contributed by atoms with Crippen LogP contribution in [0.1, 0.15) is 31.9 Å². The Hall–Kier alpha value is -0.570. The van der Waals surface area contributed by atoms with E-state index >= 15 is 0 Å². The fourth-order valence-electron chi connectivity index (χ4n) is 3.09. The summed E-state index contributed by atoms with van der Waals surface area (Å²) >= 11 is 6.06. The number of rotatable bonds is 2. The highest BCUT2D eigenvalue weighted by molar-refractivity contribution is 6.30. The molecule has 1 heterocycles. The van der Waals surface area contributed by atoms with Crippen LogP contribution in [0.3, 0.4) is 0 Å². The molecule has 1 fully saturated rings. The van der Waals surface area contributed by atoms with Gasteiger partial charge in [-0.2, -0.15) is 0 Å². The van der Waals surface area contributed by atoms with Gasteiger partial charge in [-0.25, -0.2) is 0 Å². The van der Waals surface area contributed by atoms with Crippen LogP contribution in [0, 0.1) is 11.8 Å². The maximum Gasteiger partial charge on any atom is 0.0974 e. The Kier molecular flexibility index (Phi) is 4.00. The summed E-state index contributed by atoms with van der Waals surface area (Å²) in [7, 11) is 0. The number of halogens is 1. The van der Waals surface area contributed by atoms with Crippen molar-refractivity contribution in [3.05, 3.63) is 34.3 Å². The topological polar surface area (TPSA) is 32.3 Å². The summed E-state index contributed by atoms with van der Waals surface area (Å²) in [6.45, 7) is 8.03. The maximum atomic E-state index is 11.2. The molecule has 0 aromatic heterocycles. The van der Waals surface area contributed by atoms with Crippen LogP contribution in [-0.2, 0) is 12.0 Å². The number of nitrogens with one attached hydrogen (secondary N) is 1. The molecule has 1 unspecified atom stereocenters. The Balaban J connectivity index is 2.51. The van der Waals surface area contributed by atoms with Gasteiger partial charge in [0.2, 0.25) is 0 Å². The Morgan fingerprint density at radius 2 is 1.94 bits per heavy atom. The van der Waals surface area contributed by atoms with Crippen molar-refractivity contribution in [1.82, 2.24) is 5.32 Å². The SMILES string of the molecule is CCc1cc(Cl)ccc1C1(O)[C@H](C)CNC[C@@H]1C. The lowest BCUT2D eigenvalue weighted by Gasteiger charge is -2.45. The molecule has 0 bridgehead atoms. The minimum atomic E-state index is -0.749. The van der Waals surface area contributed by atoms with Crippen LogP contribution in [0.2, 0.25) is 5.02 Å². The normalized spacial score (nSPS) is 32.5. The molecule has 0 amide bonds. The summed E-state index contributed by atoms with van der Waals surface area (Å²) in [6, 6.07) is 5.87. The van der Waals surface area contributed by atoms with Crippen molar-refractivity contribution < 1.29 is 5.11 Å². The molecule has 2 N–H and O–H groups in total. The van der Waals surface area contributed by atoms with E-state index in [0.29, 0.717) is 0 Å². The van der Waals surface area contributed by atoms with E-state index in [2.05, 4.69) is 26.1 Å². The van der Waals surface area contributed by atoms with Crippen molar-refractivity contribution in [2.24, 2.45) is 11.8 Å². The van der Waals surface area contributed by atoms with E-state index in [4.69, 9.17) is 11.6 Å².